The second-order valence-electron chi connectivity index (χ2n) is 7.81. The summed E-state index contributed by atoms with van der Waals surface area (Å²) in [5.74, 6) is 0.588. The number of pyridine rings is 1. The Labute approximate surface area is 156 Å². The SMILES string of the molecule is OC1CC([C@H](Cc2ccncc2)NC2CCN(c3ccccc3)CC2)C1. The molecule has 1 aliphatic carbocycles. The van der Waals surface area contributed by atoms with Crippen LogP contribution in [-0.2, 0) is 6.42 Å². The average Bonchev–Trinajstić information content (AvgIpc) is 2.67. The molecule has 2 fully saturated rings. The number of aliphatic hydroxyl groups is 1. The number of hydrogen-bond acceptors (Lipinski definition) is 4. The third-order valence-corrected chi connectivity index (χ3v) is 5.99. The maximum absolute atomic E-state index is 9.76. The second-order valence-corrected chi connectivity index (χ2v) is 7.81. The van der Waals surface area contributed by atoms with Gasteiger partial charge in [-0.05, 0) is 67.9 Å². The molecule has 2 N–H and O–H groups in total. The molecule has 1 saturated carbocycles. The van der Waals surface area contributed by atoms with Gasteiger partial charge in [-0.15, -0.1) is 0 Å². The Hall–Kier alpha value is -1.91. The van der Waals surface area contributed by atoms with Crippen molar-refractivity contribution in [3.05, 3.63) is 60.4 Å². The number of benzene rings is 1. The first-order chi connectivity index (χ1) is 12.8. The number of nitrogens with one attached hydrogen (secondary N) is 1. The van der Waals surface area contributed by atoms with E-state index in [1.54, 1.807) is 0 Å². The number of aliphatic hydroxyl groups excluding tert-OH is 1. The summed E-state index contributed by atoms with van der Waals surface area (Å²) >= 11 is 0. The summed E-state index contributed by atoms with van der Waals surface area (Å²) in [7, 11) is 0. The lowest BCUT2D eigenvalue weighted by molar-refractivity contribution is 0.0216. The highest BCUT2D eigenvalue weighted by Crippen LogP contribution is 2.32. The zero-order valence-electron chi connectivity index (χ0n) is 15.3. The lowest BCUT2D eigenvalue weighted by atomic mass is 9.75. The van der Waals surface area contributed by atoms with E-state index in [1.807, 2.05) is 12.4 Å². The smallest absolute Gasteiger partial charge is 0.0546 e. The third kappa shape index (κ3) is 4.25. The zero-order valence-corrected chi connectivity index (χ0v) is 15.3. The Kier molecular flexibility index (Phi) is 5.51. The number of rotatable bonds is 6. The van der Waals surface area contributed by atoms with Crippen LogP contribution in [0.5, 0.6) is 0 Å². The fraction of sp³-hybridized carbons (Fsp3) is 0.500. The van der Waals surface area contributed by atoms with Crippen molar-refractivity contribution >= 4 is 5.69 Å². The van der Waals surface area contributed by atoms with Crippen LogP contribution < -0.4 is 10.2 Å². The van der Waals surface area contributed by atoms with Crippen LogP contribution in [-0.4, -0.2) is 41.4 Å². The number of hydrogen-bond donors (Lipinski definition) is 2. The predicted octanol–water partition coefficient (Wildman–Crippen LogP) is 3.02. The average molecular weight is 351 g/mol. The van der Waals surface area contributed by atoms with Crippen LogP contribution in [0.15, 0.2) is 54.9 Å². The number of anilines is 1. The predicted molar refractivity (Wildman–Crippen MR) is 105 cm³/mol. The molecule has 0 spiro atoms. The zero-order chi connectivity index (χ0) is 17.8. The molecule has 2 aliphatic rings. The Morgan fingerprint density at radius 3 is 2.38 bits per heavy atom. The Bertz CT molecular complexity index is 664. The summed E-state index contributed by atoms with van der Waals surface area (Å²) in [5.41, 5.74) is 2.67. The van der Waals surface area contributed by atoms with Crippen molar-refractivity contribution in [3.63, 3.8) is 0 Å². The number of aromatic nitrogens is 1. The quantitative estimate of drug-likeness (QED) is 0.840. The minimum atomic E-state index is -0.0957. The summed E-state index contributed by atoms with van der Waals surface area (Å²) < 4.78 is 0. The molecular formula is C22H29N3O. The first kappa shape index (κ1) is 17.5. The lowest BCUT2D eigenvalue weighted by Crippen LogP contribution is -2.52. The number of piperidine rings is 1. The van der Waals surface area contributed by atoms with E-state index in [0.717, 1.165) is 32.4 Å². The van der Waals surface area contributed by atoms with Gasteiger partial charge in [-0.2, -0.15) is 0 Å². The number of para-hydroxylation sites is 1. The molecule has 1 atom stereocenters. The molecule has 0 unspecified atom stereocenters. The standard InChI is InChI=1S/C22H29N3O/c26-21-15-18(16-21)22(14-17-6-10-23-11-7-17)24-19-8-12-25(13-9-19)20-4-2-1-3-5-20/h1-7,10-11,18-19,21-22,24,26H,8-9,12-16H2/t18?,21?,22-/m0/s1. The van der Waals surface area contributed by atoms with Crippen LogP contribution in [0.3, 0.4) is 0 Å². The highest BCUT2D eigenvalue weighted by Gasteiger charge is 2.35. The fourth-order valence-corrected chi connectivity index (χ4v) is 4.34. The van der Waals surface area contributed by atoms with E-state index in [1.165, 1.54) is 24.1 Å². The fourth-order valence-electron chi connectivity index (χ4n) is 4.34. The minimum Gasteiger partial charge on any atom is -0.393 e. The molecule has 0 amide bonds. The Morgan fingerprint density at radius 1 is 1.04 bits per heavy atom. The van der Waals surface area contributed by atoms with Gasteiger partial charge in [0.2, 0.25) is 0 Å². The molecule has 138 valence electrons. The van der Waals surface area contributed by atoms with Crippen molar-refractivity contribution in [3.8, 4) is 0 Å². The summed E-state index contributed by atoms with van der Waals surface area (Å²) in [6.45, 7) is 2.22. The molecule has 1 aliphatic heterocycles. The van der Waals surface area contributed by atoms with Gasteiger partial charge in [0.15, 0.2) is 0 Å². The topological polar surface area (TPSA) is 48.4 Å². The maximum atomic E-state index is 9.76. The van der Waals surface area contributed by atoms with Crippen LogP contribution >= 0.6 is 0 Å². The van der Waals surface area contributed by atoms with E-state index < -0.39 is 0 Å². The van der Waals surface area contributed by atoms with Crippen LogP contribution in [0.4, 0.5) is 5.69 Å². The molecule has 2 aromatic rings. The number of nitrogens with zero attached hydrogens (tertiary/aromatic N) is 2. The lowest BCUT2D eigenvalue weighted by Gasteiger charge is -2.42. The van der Waals surface area contributed by atoms with Crippen molar-refractivity contribution in [2.75, 3.05) is 18.0 Å². The monoisotopic (exact) mass is 351 g/mol. The molecule has 1 aromatic carbocycles. The van der Waals surface area contributed by atoms with Crippen molar-refractivity contribution in [2.45, 2.75) is 50.3 Å². The van der Waals surface area contributed by atoms with Gasteiger partial charge < -0.3 is 15.3 Å². The maximum Gasteiger partial charge on any atom is 0.0546 e. The summed E-state index contributed by atoms with van der Waals surface area (Å²) in [6, 6.07) is 16.0. The molecule has 1 aromatic heterocycles. The Balaban J connectivity index is 1.34. The molecule has 26 heavy (non-hydrogen) atoms. The van der Waals surface area contributed by atoms with Gasteiger partial charge in [0.25, 0.3) is 0 Å². The van der Waals surface area contributed by atoms with Crippen LogP contribution in [0.1, 0.15) is 31.2 Å². The van der Waals surface area contributed by atoms with E-state index in [2.05, 4.69) is 57.7 Å². The summed E-state index contributed by atoms with van der Waals surface area (Å²) in [6.07, 6.45) is 8.91. The molecule has 4 nitrogen and oxygen atoms in total. The van der Waals surface area contributed by atoms with Crippen molar-refractivity contribution in [1.82, 2.24) is 10.3 Å². The highest BCUT2D eigenvalue weighted by atomic mass is 16.3. The second kappa shape index (κ2) is 8.19. The van der Waals surface area contributed by atoms with E-state index in [4.69, 9.17) is 0 Å². The minimum absolute atomic E-state index is 0.0957. The Morgan fingerprint density at radius 2 is 1.73 bits per heavy atom. The molecule has 0 bridgehead atoms. The van der Waals surface area contributed by atoms with Crippen molar-refractivity contribution < 1.29 is 5.11 Å². The van der Waals surface area contributed by atoms with Gasteiger partial charge in [0.05, 0.1) is 6.10 Å². The summed E-state index contributed by atoms with van der Waals surface area (Å²) in [5, 5.41) is 13.7. The molecule has 2 heterocycles. The van der Waals surface area contributed by atoms with Crippen LogP contribution in [0.2, 0.25) is 0 Å². The van der Waals surface area contributed by atoms with Crippen molar-refractivity contribution in [2.24, 2.45) is 5.92 Å². The largest absolute Gasteiger partial charge is 0.393 e. The molecule has 1 saturated heterocycles. The first-order valence-corrected chi connectivity index (χ1v) is 9.91. The van der Waals surface area contributed by atoms with Gasteiger partial charge in [-0.25, -0.2) is 0 Å². The van der Waals surface area contributed by atoms with Gasteiger partial charge >= 0.3 is 0 Å². The molecule has 4 heteroatoms. The van der Waals surface area contributed by atoms with Gasteiger partial charge in [-0.3, -0.25) is 4.98 Å². The third-order valence-electron chi connectivity index (χ3n) is 5.99. The van der Waals surface area contributed by atoms with E-state index >= 15 is 0 Å². The molecular weight excluding hydrogens is 322 g/mol. The molecule has 0 radical (unpaired) electrons. The van der Waals surface area contributed by atoms with Crippen molar-refractivity contribution in [1.29, 1.82) is 0 Å². The first-order valence-electron chi connectivity index (χ1n) is 9.91. The molecule has 4 rings (SSSR count). The van der Waals surface area contributed by atoms with Crippen LogP contribution in [0, 0.1) is 5.92 Å². The van der Waals surface area contributed by atoms with Crippen LogP contribution in [0.25, 0.3) is 0 Å². The van der Waals surface area contributed by atoms with Gasteiger partial charge in [0.1, 0.15) is 0 Å². The van der Waals surface area contributed by atoms with Gasteiger partial charge in [-0.1, -0.05) is 18.2 Å². The van der Waals surface area contributed by atoms with E-state index in [9.17, 15) is 5.11 Å². The van der Waals surface area contributed by atoms with E-state index in [-0.39, 0.29) is 6.10 Å². The normalized spacial score (nSPS) is 24.9. The highest BCUT2D eigenvalue weighted by molar-refractivity contribution is 5.46. The summed E-state index contributed by atoms with van der Waals surface area (Å²) in [4.78, 5) is 6.62. The van der Waals surface area contributed by atoms with E-state index in [0.29, 0.717) is 18.0 Å². The van der Waals surface area contributed by atoms with Gasteiger partial charge in [0, 0.05) is 43.3 Å².